The molecule has 2 aliphatic rings. The summed E-state index contributed by atoms with van der Waals surface area (Å²) in [5.41, 5.74) is 0. The Morgan fingerprint density at radius 1 is 1.60 bits per heavy atom. The first-order chi connectivity index (χ1) is 4.81. The van der Waals surface area contributed by atoms with Gasteiger partial charge >= 0.3 is 0 Å². The van der Waals surface area contributed by atoms with Crippen LogP contribution in [0, 0.1) is 0 Å². The molecule has 2 unspecified atom stereocenters. The monoisotopic (exact) mass is 157 g/mol. The molecular weight excluding hydrogens is 142 g/mol. The fourth-order valence-electron chi connectivity index (χ4n) is 1.89. The van der Waals surface area contributed by atoms with Crippen LogP contribution in [0.2, 0.25) is 0 Å². The lowest BCUT2D eigenvalue weighted by atomic mass is 9.89. The fraction of sp³-hybridized carbons (Fsp3) is 1.00. The predicted octanol–water partition coefficient (Wildman–Crippen LogP) is 1.63. The van der Waals surface area contributed by atoms with Crippen molar-refractivity contribution in [2.75, 3.05) is 12.3 Å². The summed E-state index contributed by atoms with van der Waals surface area (Å²) in [7, 11) is 0. The van der Waals surface area contributed by atoms with Gasteiger partial charge in [0.05, 0.1) is 0 Å². The van der Waals surface area contributed by atoms with Crippen LogP contribution in [0.5, 0.6) is 0 Å². The van der Waals surface area contributed by atoms with E-state index in [-0.39, 0.29) is 0 Å². The third-order valence-electron chi connectivity index (χ3n) is 2.81. The highest BCUT2D eigenvalue weighted by molar-refractivity contribution is 8.00. The molecule has 2 saturated heterocycles. The summed E-state index contributed by atoms with van der Waals surface area (Å²) in [6, 6.07) is 0.833. The van der Waals surface area contributed by atoms with Gasteiger partial charge in [0.1, 0.15) is 0 Å². The minimum Gasteiger partial charge on any atom is -0.312 e. The fourth-order valence-corrected chi connectivity index (χ4v) is 3.33. The van der Waals surface area contributed by atoms with Crippen LogP contribution in [-0.4, -0.2) is 23.1 Å². The maximum absolute atomic E-state index is 3.51. The van der Waals surface area contributed by atoms with Gasteiger partial charge in [-0.25, -0.2) is 0 Å². The first-order valence-corrected chi connectivity index (χ1v) is 5.17. The van der Waals surface area contributed by atoms with Crippen molar-refractivity contribution >= 4 is 11.8 Å². The highest BCUT2D eigenvalue weighted by Gasteiger charge is 2.40. The molecule has 2 rings (SSSR count). The minimum absolute atomic E-state index is 0.595. The topological polar surface area (TPSA) is 12.0 Å². The van der Waals surface area contributed by atoms with Crippen LogP contribution in [0.25, 0.3) is 0 Å². The average Bonchev–Trinajstić information content (AvgIpc) is 2.09. The molecule has 2 heteroatoms. The predicted molar refractivity (Wildman–Crippen MR) is 46.5 cm³/mol. The molecule has 0 aromatic heterocycles. The maximum Gasteiger partial charge on any atom is 0.0285 e. The zero-order chi connectivity index (χ0) is 7.03. The molecule has 0 spiro atoms. The summed E-state index contributed by atoms with van der Waals surface area (Å²) in [5, 5.41) is 3.51. The van der Waals surface area contributed by atoms with Gasteiger partial charge in [-0.2, -0.15) is 11.8 Å². The zero-order valence-electron chi connectivity index (χ0n) is 6.52. The molecule has 2 fully saturated rings. The Bertz CT molecular complexity index is 125. The number of thioether (sulfide) groups is 1. The van der Waals surface area contributed by atoms with E-state index in [0.29, 0.717) is 4.75 Å². The van der Waals surface area contributed by atoms with Gasteiger partial charge in [0.2, 0.25) is 0 Å². The third-order valence-corrected chi connectivity index (χ3v) is 4.45. The number of hydrogen-bond donors (Lipinski definition) is 1. The van der Waals surface area contributed by atoms with Crippen molar-refractivity contribution in [2.24, 2.45) is 0 Å². The Labute approximate surface area is 67.0 Å². The Balaban J connectivity index is 1.98. The second kappa shape index (κ2) is 2.42. The van der Waals surface area contributed by atoms with Gasteiger partial charge in [0, 0.05) is 10.8 Å². The molecule has 0 aromatic carbocycles. The molecule has 1 nitrogen and oxygen atoms in total. The zero-order valence-corrected chi connectivity index (χ0v) is 7.34. The summed E-state index contributed by atoms with van der Waals surface area (Å²) >= 11 is 2.17. The first kappa shape index (κ1) is 6.99. The standard InChI is InChI=1S/C8H15NS/c1-8(4-2-6-10-8)7-3-5-9-7/h7,9H,2-6H2,1H3. The van der Waals surface area contributed by atoms with Gasteiger partial charge in [-0.1, -0.05) is 0 Å². The Hall–Kier alpha value is 0.310. The first-order valence-electron chi connectivity index (χ1n) is 4.19. The second-order valence-corrected chi connectivity index (χ2v) is 5.19. The van der Waals surface area contributed by atoms with Gasteiger partial charge in [0.15, 0.2) is 0 Å². The van der Waals surface area contributed by atoms with Gasteiger partial charge in [0.25, 0.3) is 0 Å². The molecule has 0 amide bonds. The normalized spacial score (nSPS) is 47.1. The van der Waals surface area contributed by atoms with Crippen LogP contribution in [-0.2, 0) is 0 Å². The molecule has 0 bridgehead atoms. The summed E-state index contributed by atoms with van der Waals surface area (Å²) in [4.78, 5) is 0. The highest BCUT2D eigenvalue weighted by Crippen LogP contribution is 2.42. The van der Waals surface area contributed by atoms with Crippen molar-refractivity contribution in [1.29, 1.82) is 0 Å². The van der Waals surface area contributed by atoms with Gasteiger partial charge < -0.3 is 5.32 Å². The number of hydrogen-bond acceptors (Lipinski definition) is 2. The Kier molecular flexibility index (Phi) is 1.69. The van der Waals surface area contributed by atoms with E-state index < -0.39 is 0 Å². The van der Waals surface area contributed by atoms with Crippen molar-refractivity contribution in [2.45, 2.75) is 37.0 Å². The van der Waals surface area contributed by atoms with E-state index in [9.17, 15) is 0 Å². The van der Waals surface area contributed by atoms with Crippen LogP contribution >= 0.6 is 11.8 Å². The number of nitrogens with one attached hydrogen (secondary N) is 1. The molecule has 0 radical (unpaired) electrons. The van der Waals surface area contributed by atoms with E-state index in [1.54, 1.807) is 0 Å². The minimum atomic E-state index is 0.595. The lowest BCUT2D eigenvalue weighted by molar-refractivity contribution is 0.297. The van der Waals surface area contributed by atoms with E-state index in [1.807, 2.05) is 0 Å². The van der Waals surface area contributed by atoms with Gasteiger partial charge in [-0.15, -0.1) is 0 Å². The molecule has 0 aromatic rings. The average molecular weight is 157 g/mol. The summed E-state index contributed by atoms with van der Waals surface area (Å²) < 4.78 is 0.595. The lowest BCUT2D eigenvalue weighted by Gasteiger charge is -2.40. The van der Waals surface area contributed by atoms with Crippen LogP contribution in [0.1, 0.15) is 26.2 Å². The summed E-state index contributed by atoms with van der Waals surface area (Å²) in [6.07, 6.45) is 4.26. The van der Waals surface area contributed by atoms with E-state index in [0.717, 1.165) is 6.04 Å². The van der Waals surface area contributed by atoms with E-state index in [1.165, 1.54) is 31.6 Å². The van der Waals surface area contributed by atoms with Crippen molar-refractivity contribution in [3.8, 4) is 0 Å². The van der Waals surface area contributed by atoms with Crippen LogP contribution in [0.4, 0.5) is 0 Å². The molecular formula is C8H15NS. The van der Waals surface area contributed by atoms with Crippen molar-refractivity contribution in [3.05, 3.63) is 0 Å². The molecule has 0 aliphatic carbocycles. The summed E-state index contributed by atoms with van der Waals surface area (Å²) in [5.74, 6) is 1.38. The van der Waals surface area contributed by atoms with Crippen molar-refractivity contribution in [3.63, 3.8) is 0 Å². The van der Waals surface area contributed by atoms with E-state index in [4.69, 9.17) is 0 Å². The summed E-state index contributed by atoms with van der Waals surface area (Å²) in [6.45, 7) is 3.67. The quantitative estimate of drug-likeness (QED) is 0.621. The molecule has 2 aliphatic heterocycles. The van der Waals surface area contributed by atoms with Gasteiger partial charge in [-0.3, -0.25) is 0 Å². The smallest absolute Gasteiger partial charge is 0.0285 e. The van der Waals surface area contributed by atoms with Crippen molar-refractivity contribution in [1.82, 2.24) is 5.32 Å². The molecule has 1 N–H and O–H groups in total. The van der Waals surface area contributed by atoms with Crippen LogP contribution < -0.4 is 5.32 Å². The number of rotatable bonds is 1. The highest BCUT2D eigenvalue weighted by atomic mass is 32.2. The molecule has 10 heavy (non-hydrogen) atoms. The van der Waals surface area contributed by atoms with E-state index in [2.05, 4.69) is 24.0 Å². The molecule has 0 saturated carbocycles. The SMILES string of the molecule is CC1(C2CCN2)CCCS1. The lowest BCUT2D eigenvalue weighted by Crippen LogP contribution is -2.54. The largest absolute Gasteiger partial charge is 0.312 e. The molecule has 58 valence electrons. The maximum atomic E-state index is 3.51. The van der Waals surface area contributed by atoms with Gasteiger partial charge in [-0.05, 0) is 38.5 Å². The second-order valence-electron chi connectivity index (χ2n) is 3.56. The van der Waals surface area contributed by atoms with Crippen molar-refractivity contribution < 1.29 is 0 Å². The Morgan fingerprint density at radius 3 is 2.80 bits per heavy atom. The third kappa shape index (κ3) is 0.978. The molecule has 2 heterocycles. The van der Waals surface area contributed by atoms with Crippen LogP contribution in [0.15, 0.2) is 0 Å². The Morgan fingerprint density at radius 2 is 2.40 bits per heavy atom. The molecule has 2 atom stereocenters. The van der Waals surface area contributed by atoms with E-state index >= 15 is 0 Å². The van der Waals surface area contributed by atoms with Crippen LogP contribution in [0.3, 0.4) is 0 Å².